The molecule has 0 radical (unpaired) electrons. The lowest BCUT2D eigenvalue weighted by atomic mass is 10.2. The highest BCUT2D eigenvalue weighted by atomic mass is 79.9. The number of primary amides is 1. The number of nitrogens with zero attached hydrogens (tertiary/aromatic N) is 1. The van der Waals surface area contributed by atoms with Crippen molar-refractivity contribution in [3.05, 3.63) is 52.4 Å². The van der Waals surface area contributed by atoms with Gasteiger partial charge in [0.05, 0.1) is 18.4 Å². The SMILES string of the molecule is NC(=O)CN(Cc1ccc(N)cc1)C(=O)c1ccoc1Br. The Morgan fingerprint density at radius 3 is 2.38 bits per heavy atom. The second-order valence-electron chi connectivity index (χ2n) is 4.48. The Morgan fingerprint density at radius 1 is 1.19 bits per heavy atom. The van der Waals surface area contributed by atoms with Crippen molar-refractivity contribution in [1.29, 1.82) is 0 Å². The van der Waals surface area contributed by atoms with Crippen molar-refractivity contribution in [2.75, 3.05) is 12.3 Å². The van der Waals surface area contributed by atoms with Crippen LogP contribution in [-0.2, 0) is 11.3 Å². The van der Waals surface area contributed by atoms with Gasteiger partial charge in [0.1, 0.15) is 0 Å². The Balaban J connectivity index is 2.22. The van der Waals surface area contributed by atoms with Gasteiger partial charge in [0, 0.05) is 12.2 Å². The van der Waals surface area contributed by atoms with Gasteiger partial charge in [-0.3, -0.25) is 9.59 Å². The number of hydrogen-bond donors (Lipinski definition) is 2. The molecule has 110 valence electrons. The Labute approximate surface area is 129 Å². The topological polar surface area (TPSA) is 103 Å². The van der Waals surface area contributed by atoms with E-state index >= 15 is 0 Å². The fraction of sp³-hybridized carbons (Fsp3) is 0.143. The van der Waals surface area contributed by atoms with Crippen LogP contribution in [-0.4, -0.2) is 23.3 Å². The standard InChI is InChI=1S/C14H14BrN3O3/c15-13-11(5-6-21-13)14(20)18(8-12(17)19)7-9-1-3-10(16)4-2-9/h1-6H,7-8,16H2,(H2,17,19). The van der Waals surface area contributed by atoms with Gasteiger partial charge in [0.2, 0.25) is 5.91 Å². The van der Waals surface area contributed by atoms with Gasteiger partial charge in [-0.25, -0.2) is 0 Å². The Morgan fingerprint density at radius 2 is 1.86 bits per heavy atom. The highest BCUT2D eigenvalue weighted by Gasteiger charge is 2.21. The minimum atomic E-state index is -0.585. The van der Waals surface area contributed by atoms with Crippen LogP contribution in [0, 0.1) is 0 Å². The molecule has 2 aromatic rings. The quantitative estimate of drug-likeness (QED) is 0.800. The van der Waals surface area contributed by atoms with Gasteiger partial charge in [-0.05, 0) is 39.7 Å². The molecule has 7 heteroatoms. The summed E-state index contributed by atoms with van der Waals surface area (Å²) in [4.78, 5) is 25.0. The van der Waals surface area contributed by atoms with E-state index in [0.29, 0.717) is 15.9 Å². The minimum absolute atomic E-state index is 0.180. The maximum absolute atomic E-state index is 12.4. The molecule has 4 N–H and O–H groups in total. The molecular formula is C14H14BrN3O3. The van der Waals surface area contributed by atoms with E-state index in [1.165, 1.54) is 17.2 Å². The molecule has 0 aliphatic heterocycles. The van der Waals surface area contributed by atoms with E-state index in [9.17, 15) is 9.59 Å². The van der Waals surface area contributed by atoms with Crippen LogP contribution in [0.2, 0.25) is 0 Å². The number of nitrogen functional groups attached to an aromatic ring is 1. The molecule has 1 heterocycles. The molecule has 21 heavy (non-hydrogen) atoms. The normalized spacial score (nSPS) is 10.3. The smallest absolute Gasteiger partial charge is 0.259 e. The average Bonchev–Trinajstić information content (AvgIpc) is 2.85. The van der Waals surface area contributed by atoms with Gasteiger partial charge >= 0.3 is 0 Å². The number of anilines is 1. The third-order valence-corrected chi connectivity index (χ3v) is 3.45. The highest BCUT2D eigenvalue weighted by molar-refractivity contribution is 9.10. The van der Waals surface area contributed by atoms with Crippen LogP contribution in [0.3, 0.4) is 0 Å². The predicted octanol–water partition coefficient (Wildman–Crippen LogP) is 1.75. The number of amides is 2. The summed E-state index contributed by atoms with van der Waals surface area (Å²) in [5.41, 5.74) is 12.6. The van der Waals surface area contributed by atoms with E-state index in [2.05, 4.69) is 15.9 Å². The van der Waals surface area contributed by atoms with E-state index < -0.39 is 5.91 Å². The number of furan rings is 1. The highest BCUT2D eigenvalue weighted by Crippen LogP contribution is 2.20. The summed E-state index contributed by atoms with van der Waals surface area (Å²) in [6.45, 7) is 0.0699. The fourth-order valence-electron chi connectivity index (χ4n) is 1.85. The predicted molar refractivity (Wildman–Crippen MR) is 81.2 cm³/mol. The molecule has 1 aromatic heterocycles. The van der Waals surface area contributed by atoms with Gasteiger partial charge in [-0.15, -0.1) is 0 Å². The van der Waals surface area contributed by atoms with Crippen molar-refractivity contribution in [2.45, 2.75) is 6.54 Å². The van der Waals surface area contributed by atoms with Gasteiger partial charge in [-0.1, -0.05) is 12.1 Å². The van der Waals surface area contributed by atoms with E-state index in [4.69, 9.17) is 15.9 Å². The van der Waals surface area contributed by atoms with Crippen molar-refractivity contribution in [3.8, 4) is 0 Å². The second-order valence-corrected chi connectivity index (χ2v) is 5.20. The summed E-state index contributed by atoms with van der Waals surface area (Å²) in [7, 11) is 0. The zero-order valence-corrected chi connectivity index (χ0v) is 12.7. The zero-order chi connectivity index (χ0) is 15.4. The van der Waals surface area contributed by atoms with Crippen molar-refractivity contribution >= 4 is 33.4 Å². The lowest BCUT2D eigenvalue weighted by molar-refractivity contribution is -0.118. The van der Waals surface area contributed by atoms with E-state index in [1.807, 2.05) is 0 Å². The molecule has 0 atom stereocenters. The molecule has 6 nitrogen and oxygen atoms in total. The molecule has 0 saturated heterocycles. The monoisotopic (exact) mass is 351 g/mol. The average molecular weight is 352 g/mol. The van der Waals surface area contributed by atoms with Gasteiger partial charge < -0.3 is 20.8 Å². The molecular weight excluding hydrogens is 338 g/mol. The summed E-state index contributed by atoms with van der Waals surface area (Å²) in [6, 6.07) is 8.58. The summed E-state index contributed by atoms with van der Waals surface area (Å²) in [5, 5.41) is 0. The summed E-state index contributed by atoms with van der Waals surface area (Å²) >= 11 is 3.15. The van der Waals surface area contributed by atoms with Crippen LogP contribution in [0.15, 0.2) is 45.7 Å². The Kier molecular flexibility index (Phi) is 4.64. The number of carbonyl (C=O) groups excluding carboxylic acids is 2. The lowest BCUT2D eigenvalue weighted by Gasteiger charge is -2.21. The van der Waals surface area contributed by atoms with Crippen LogP contribution < -0.4 is 11.5 Å². The molecule has 0 fully saturated rings. The third kappa shape index (κ3) is 3.85. The first-order valence-corrected chi connectivity index (χ1v) is 6.91. The van der Waals surface area contributed by atoms with E-state index in [0.717, 1.165) is 5.56 Å². The summed E-state index contributed by atoms with van der Waals surface area (Å²) in [6.07, 6.45) is 1.39. The number of carbonyl (C=O) groups is 2. The van der Waals surface area contributed by atoms with Crippen molar-refractivity contribution in [2.24, 2.45) is 5.73 Å². The molecule has 2 rings (SSSR count). The number of halogens is 1. The second kappa shape index (κ2) is 6.45. The van der Waals surface area contributed by atoms with Crippen LogP contribution in [0.5, 0.6) is 0 Å². The van der Waals surface area contributed by atoms with Crippen molar-refractivity contribution in [3.63, 3.8) is 0 Å². The number of nitrogens with two attached hydrogens (primary N) is 2. The van der Waals surface area contributed by atoms with E-state index in [1.54, 1.807) is 24.3 Å². The maximum Gasteiger partial charge on any atom is 0.259 e. The fourth-order valence-corrected chi connectivity index (χ4v) is 2.26. The molecule has 0 saturated carbocycles. The van der Waals surface area contributed by atoms with Gasteiger partial charge in [0.25, 0.3) is 5.91 Å². The van der Waals surface area contributed by atoms with Crippen LogP contribution in [0.1, 0.15) is 15.9 Å². The molecule has 0 aliphatic carbocycles. The first-order valence-electron chi connectivity index (χ1n) is 6.12. The number of benzene rings is 1. The minimum Gasteiger partial charge on any atom is -0.457 e. The van der Waals surface area contributed by atoms with E-state index in [-0.39, 0.29) is 19.0 Å². The van der Waals surface area contributed by atoms with Crippen molar-refractivity contribution < 1.29 is 14.0 Å². The molecule has 0 bridgehead atoms. The van der Waals surface area contributed by atoms with Gasteiger partial charge in [0.15, 0.2) is 4.67 Å². The Hall–Kier alpha value is -2.28. The largest absolute Gasteiger partial charge is 0.457 e. The van der Waals surface area contributed by atoms with Crippen LogP contribution in [0.4, 0.5) is 5.69 Å². The first kappa shape index (κ1) is 15.1. The zero-order valence-electron chi connectivity index (χ0n) is 11.1. The molecule has 1 aromatic carbocycles. The first-order chi connectivity index (χ1) is 9.97. The molecule has 0 unspecified atom stereocenters. The maximum atomic E-state index is 12.4. The number of hydrogen-bond acceptors (Lipinski definition) is 4. The molecule has 2 amide bonds. The Bertz CT molecular complexity index is 652. The third-order valence-electron chi connectivity index (χ3n) is 2.84. The lowest BCUT2D eigenvalue weighted by Crippen LogP contribution is -2.38. The van der Waals surface area contributed by atoms with Crippen LogP contribution >= 0.6 is 15.9 Å². The molecule has 0 spiro atoms. The van der Waals surface area contributed by atoms with Gasteiger partial charge in [-0.2, -0.15) is 0 Å². The summed E-state index contributed by atoms with van der Waals surface area (Å²) in [5.74, 6) is -0.926. The van der Waals surface area contributed by atoms with Crippen LogP contribution in [0.25, 0.3) is 0 Å². The number of rotatable bonds is 5. The summed E-state index contributed by atoms with van der Waals surface area (Å²) < 4.78 is 5.36. The molecule has 0 aliphatic rings. The van der Waals surface area contributed by atoms with Crippen molar-refractivity contribution in [1.82, 2.24) is 4.90 Å².